The molecular formula is C23H24N4O5S. The summed E-state index contributed by atoms with van der Waals surface area (Å²) in [4.78, 5) is 24.7. The van der Waals surface area contributed by atoms with Crippen LogP contribution in [0.5, 0.6) is 0 Å². The van der Waals surface area contributed by atoms with Gasteiger partial charge in [-0.3, -0.25) is 9.10 Å². The number of hydrogen-bond acceptors (Lipinski definition) is 6. The summed E-state index contributed by atoms with van der Waals surface area (Å²) < 4.78 is 31.8. The van der Waals surface area contributed by atoms with Crippen LogP contribution in [-0.4, -0.2) is 49.5 Å². The molecule has 33 heavy (non-hydrogen) atoms. The molecule has 0 bridgehead atoms. The van der Waals surface area contributed by atoms with Crippen LogP contribution in [0, 0.1) is 6.92 Å². The van der Waals surface area contributed by atoms with Crippen molar-refractivity contribution in [1.82, 2.24) is 9.78 Å². The fourth-order valence-corrected chi connectivity index (χ4v) is 4.78. The molecule has 172 valence electrons. The quantitative estimate of drug-likeness (QED) is 0.557. The maximum Gasteiger partial charge on any atom is 0.341 e. The van der Waals surface area contributed by atoms with Crippen LogP contribution >= 0.6 is 0 Å². The molecule has 1 amide bonds. The zero-order chi connectivity index (χ0) is 23.8. The van der Waals surface area contributed by atoms with Crippen molar-refractivity contribution in [2.45, 2.75) is 20.3 Å². The first-order valence-electron chi connectivity index (χ1n) is 10.4. The van der Waals surface area contributed by atoms with Gasteiger partial charge in [0.2, 0.25) is 10.0 Å². The Hall–Kier alpha value is -3.66. The van der Waals surface area contributed by atoms with Crippen LogP contribution in [0.2, 0.25) is 0 Å². The molecule has 0 spiro atoms. The fraction of sp³-hybridized carbons (Fsp3) is 0.261. The molecular weight excluding hydrogens is 444 g/mol. The maximum atomic E-state index is 12.7. The molecule has 1 aromatic heterocycles. The molecule has 2 aromatic carbocycles. The maximum absolute atomic E-state index is 12.7. The second-order valence-corrected chi connectivity index (χ2v) is 9.61. The number of carbonyl (C=O) groups is 2. The Kier molecular flexibility index (Phi) is 5.94. The van der Waals surface area contributed by atoms with Gasteiger partial charge in [0.25, 0.3) is 5.91 Å². The van der Waals surface area contributed by atoms with Crippen LogP contribution in [0.25, 0.3) is 5.69 Å². The minimum Gasteiger partial charge on any atom is -0.462 e. The van der Waals surface area contributed by atoms with E-state index in [4.69, 9.17) is 4.74 Å². The SMILES string of the molecule is CCOC(=O)c1cnn(-c2ccc(NC(=O)c3ccc4c(c3)CCN4S(C)(=O)=O)cc2)c1C. The van der Waals surface area contributed by atoms with E-state index in [0.29, 0.717) is 41.2 Å². The Bertz CT molecular complexity index is 1330. The van der Waals surface area contributed by atoms with E-state index in [1.54, 1.807) is 61.0 Å². The van der Waals surface area contributed by atoms with Crippen LogP contribution in [-0.2, 0) is 21.2 Å². The van der Waals surface area contributed by atoms with Gasteiger partial charge in [0.1, 0.15) is 5.56 Å². The monoisotopic (exact) mass is 468 g/mol. The molecule has 3 aromatic rings. The Labute approximate surface area is 192 Å². The van der Waals surface area contributed by atoms with Gasteiger partial charge in [0.05, 0.1) is 36.1 Å². The lowest BCUT2D eigenvalue weighted by atomic mass is 10.1. The average molecular weight is 469 g/mol. The third kappa shape index (κ3) is 4.47. The first-order chi connectivity index (χ1) is 15.7. The average Bonchev–Trinajstić information content (AvgIpc) is 3.37. The molecule has 0 atom stereocenters. The zero-order valence-corrected chi connectivity index (χ0v) is 19.3. The lowest BCUT2D eigenvalue weighted by Crippen LogP contribution is -2.27. The molecule has 0 fully saturated rings. The molecule has 1 N–H and O–H groups in total. The third-order valence-electron chi connectivity index (χ3n) is 5.47. The summed E-state index contributed by atoms with van der Waals surface area (Å²) >= 11 is 0. The van der Waals surface area contributed by atoms with Gasteiger partial charge in [-0.1, -0.05) is 0 Å². The van der Waals surface area contributed by atoms with E-state index in [1.807, 2.05) is 0 Å². The van der Waals surface area contributed by atoms with Gasteiger partial charge in [0.15, 0.2) is 0 Å². The summed E-state index contributed by atoms with van der Waals surface area (Å²) in [5.41, 5.74) is 4.30. The van der Waals surface area contributed by atoms with Crippen LogP contribution < -0.4 is 9.62 Å². The van der Waals surface area contributed by atoms with Crippen LogP contribution in [0.1, 0.15) is 38.9 Å². The van der Waals surface area contributed by atoms with E-state index in [2.05, 4.69) is 10.4 Å². The van der Waals surface area contributed by atoms with Gasteiger partial charge >= 0.3 is 5.97 Å². The van der Waals surface area contributed by atoms with E-state index in [0.717, 1.165) is 11.3 Å². The number of esters is 1. The number of hydrogen-bond donors (Lipinski definition) is 1. The summed E-state index contributed by atoms with van der Waals surface area (Å²) in [6.07, 6.45) is 3.21. The van der Waals surface area contributed by atoms with Crippen molar-refractivity contribution in [2.75, 3.05) is 29.0 Å². The van der Waals surface area contributed by atoms with Crippen LogP contribution in [0.15, 0.2) is 48.7 Å². The molecule has 0 saturated heterocycles. The number of nitrogens with zero attached hydrogens (tertiary/aromatic N) is 3. The van der Waals surface area contributed by atoms with Crippen LogP contribution in [0.3, 0.4) is 0 Å². The molecule has 0 saturated carbocycles. The minimum atomic E-state index is -3.33. The lowest BCUT2D eigenvalue weighted by molar-refractivity contribution is 0.0525. The summed E-state index contributed by atoms with van der Waals surface area (Å²) in [7, 11) is -3.33. The molecule has 0 aliphatic carbocycles. The number of aromatic nitrogens is 2. The Morgan fingerprint density at radius 1 is 1.15 bits per heavy atom. The standard InChI is InChI=1S/C23H24N4O5S/c1-4-32-23(29)20-14-24-27(15(20)2)19-8-6-18(7-9-19)25-22(28)17-5-10-21-16(13-17)11-12-26(21)33(3,30)31/h5-10,13-14H,4,11-12H2,1-3H3,(H,25,28). The van der Waals surface area contributed by atoms with Gasteiger partial charge in [0, 0.05) is 17.8 Å². The smallest absolute Gasteiger partial charge is 0.341 e. The van der Waals surface area contributed by atoms with E-state index >= 15 is 0 Å². The molecule has 0 unspecified atom stereocenters. The van der Waals surface area contributed by atoms with Crippen molar-refractivity contribution in [1.29, 1.82) is 0 Å². The number of benzene rings is 2. The Morgan fingerprint density at radius 2 is 1.88 bits per heavy atom. The van der Waals surface area contributed by atoms with E-state index in [9.17, 15) is 18.0 Å². The first-order valence-corrected chi connectivity index (χ1v) is 12.3. The summed E-state index contributed by atoms with van der Waals surface area (Å²) in [6, 6.07) is 12.1. The second-order valence-electron chi connectivity index (χ2n) is 7.71. The lowest BCUT2D eigenvalue weighted by Gasteiger charge is -2.16. The van der Waals surface area contributed by atoms with Crippen molar-refractivity contribution >= 4 is 33.3 Å². The summed E-state index contributed by atoms with van der Waals surface area (Å²) in [5, 5.41) is 7.12. The van der Waals surface area contributed by atoms with Gasteiger partial charge in [-0.25, -0.2) is 17.9 Å². The molecule has 4 rings (SSSR count). The summed E-state index contributed by atoms with van der Waals surface area (Å²) in [5.74, 6) is -0.706. The van der Waals surface area contributed by atoms with Crippen molar-refractivity contribution in [3.8, 4) is 5.69 Å². The number of anilines is 2. The third-order valence-corrected chi connectivity index (χ3v) is 6.65. The topological polar surface area (TPSA) is 111 Å². The van der Waals surface area contributed by atoms with Crippen molar-refractivity contribution in [3.63, 3.8) is 0 Å². The number of carbonyl (C=O) groups excluding carboxylic acids is 2. The Balaban J connectivity index is 1.48. The molecule has 2 heterocycles. The predicted molar refractivity (Wildman–Crippen MR) is 125 cm³/mol. The second kappa shape index (κ2) is 8.70. The number of fused-ring (bicyclic) bond motifs is 1. The zero-order valence-electron chi connectivity index (χ0n) is 18.5. The largest absolute Gasteiger partial charge is 0.462 e. The Morgan fingerprint density at radius 3 is 2.55 bits per heavy atom. The molecule has 0 radical (unpaired) electrons. The van der Waals surface area contributed by atoms with Crippen LogP contribution in [0.4, 0.5) is 11.4 Å². The van der Waals surface area contributed by atoms with E-state index < -0.39 is 16.0 Å². The van der Waals surface area contributed by atoms with Gasteiger partial charge < -0.3 is 10.1 Å². The predicted octanol–water partition coefficient (Wildman–Crippen LogP) is 2.93. The highest BCUT2D eigenvalue weighted by molar-refractivity contribution is 7.92. The molecule has 9 nitrogen and oxygen atoms in total. The number of nitrogens with one attached hydrogen (secondary N) is 1. The summed E-state index contributed by atoms with van der Waals surface area (Å²) in [6.45, 7) is 4.20. The molecule has 1 aliphatic heterocycles. The highest BCUT2D eigenvalue weighted by Gasteiger charge is 2.26. The van der Waals surface area contributed by atoms with Crippen molar-refractivity contribution in [3.05, 3.63) is 71.0 Å². The molecule has 10 heteroatoms. The van der Waals surface area contributed by atoms with Gasteiger partial charge in [-0.15, -0.1) is 0 Å². The van der Waals surface area contributed by atoms with Gasteiger partial charge in [-0.2, -0.15) is 5.10 Å². The molecule has 1 aliphatic rings. The van der Waals surface area contributed by atoms with Crippen molar-refractivity contribution < 1.29 is 22.7 Å². The highest BCUT2D eigenvalue weighted by Crippen LogP contribution is 2.31. The van der Waals surface area contributed by atoms with E-state index in [-0.39, 0.29) is 12.5 Å². The highest BCUT2D eigenvalue weighted by atomic mass is 32.2. The first kappa shape index (κ1) is 22.5. The number of sulfonamides is 1. The normalized spacial score (nSPS) is 13.0. The van der Waals surface area contributed by atoms with Crippen molar-refractivity contribution in [2.24, 2.45) is 0 Å². The van der Waals surface area contributed by atoms with Gasteiger partial charge in [-0.05, 0) is 68.3 Å². The number of amides is 1. The van der Waals surface area contributed by atoms with E-state index in [1.165, 1.54) is 16.8 Å². The fourth-order valence-electron chi connectivity index (χ4n) is 3.83. The number of ether oxygens (including phenoxy) is 1. The minimum absolute atomic E-state index is 0.289. The number of rotatable bonds is 6.